The van der Waals surface area contributed by atoms with Crippen LogP contribution < -0.4 is 10.6 Å². The molecule has 12 heteroatoms. The van der Waals surface area contributed by atoms with E-state index in [2.05, 4.69) is 10.6 Å². The Morgan fingerprint density at radius 1 is 1.11 bits per heavy atom. The fraction of sp³-hybridized carbons (Fsp3) is 0.467. The maximum atomic E-state index is 12.9. The third kappa shape index (κ3) is 7.81. The summed E-state index contributed by atoms with van der Waals surface area (Å²) in [5.74, 6) is -3.10. The quantitative estimate of drug-likeness (QED) is 0.677. The number of carboxylic acid groups (broad SMARTS) is 1. The van der Waals surface area contributed by atoms with Crippen LogP contribution in [-0.2, 0) is 22.3 Å². The number of amides is 1. The predicted octanol–water partition coefficient (Wildman–Crippen LogP) is 2.65. The van der Waals surface area contributed by atoms with E-state index in [-0.39, 0.29) is 25.4 Å². The number of benzene rings is 1. The molecule has 0 unspecified atom stereocenters. The molecule has 2 rings (SSSR count). The van der Waals surface area contributed by atoms with Crippen molar-refractivity contribution in [2.75, 3.05) is 6.54 Å². The Kier molecular flexibility index (Phi) is 7.57. The molecule has 0 spiro atoms. The minimum atomic E-state index is -5.08. The van der Waals surface area contributed by atoms with Crippen molar-refractivity contribution in [3.8, 4) is 0 Å². The van der Waals surface area contributed by atoms with Crippen molar-refractivity contribution in [2.24, 2.45) is 0 Å². The van der Waals surface area contributed by atoms with Gasteiger partial charge in [0.15, 0.2) is 0 Å². The summed E-state index contributed by atoms with van der Waals surface area (Å²) in [6.45, 7) is 0.268. The molecular weight excluding hydrogens is 389 g/mol. The number of aliphatic carboxylic acids is 1. The van der Waals surface area contributed by atoms with E-state index >= 15 is 0 Å². The number of hydrogen-bond donors (Lipinski definition) is 3. The largest absolute Gasteiger partial charge is 0.490 e. The van der Waals surface area contributed by atoms with Gasteiger partial charge >= 0.3 is 18.3 Å². The number of hydrogen-bond acceptors (Lipinski definition) is 3. The van der Waals surface area contributed by atoms with E-state index in [1.807, 2.05) is 0 Å². The average Bonchev–Trinajstić information content (AvgIpc) is 2.98. The molecule has 1 aliphatic heterocycles. The highest BCUT2D eigenvalue weighted by Crippen LogP contribution is 2.29. The molecule has 1 amide bonds. The first-order valence-corrected chi connectivity index (χ1v) is 7.42. The Morgan fingerprint density at radius 3 is 2.00 bits per heavy atom. The van der Waals surface area contributed by atoms with Crippen molar-refractivity contribution in [3.05, 3.63) is 35.4 Å². The van der Waals surface area contributed by atoms with Gasteiger partial charge in [0.05, 0.1) is 11.6 Å². The first-order chi connectivity index (χ1) is 12.3. The lowest BCUT2D eigenvalue weighted by atomic mass is 10.1. The lowest BCUT2D eigenvalue weighted by Crippen LogP contribution is -2.40. The van der Waals surface area contributed by atoms with Gasteiger partial charge < -0.3 is 15.7 Å². The zero-order valence-corrected chi connectivity index (χ0v) is 13.5. The van der Waals surface area contributed by atoms with E-state index in [1.165, 1.54) is 12.1 Å². The van der Waals surface area contributed by atoms with Gasteiger partial charge in [-0.15, -0.1) is 0 Å². The maximum absolute atomic E-state index is 12.9. The SMILES string of the molecule is O=C(NCc1ccc(C(F)(F)F)cc1)[C@H]1C[C@H](F)CN1.O=C(O)C(F)(F)F. The molecule has 1 aromatic carbocycles. The highest BCUT2D eigenvalue weighted by atomic mass is 19.4. The van der Waals surface area contributed by atoms with Crippen molar-refractivity contribution in [1.82, 2.24) is 10.6 Å². The highest BCUT2D eigenvalue weighted by Gasteiger charge is 2.38. The number of alkyl halides is 7. The summed E-state index contributed by atoms with van der Waals surface area (Å²) in [6, 6.07) is 3.98. The molecule has 0 aliphatic carbocycles. The molecular formula is C15H15F7N2O3. The van der Waals surface area contributed by atoms with E-state index in [4.69, 9.17) is 9.90 Å². The van der Waals surface area contributed by atoms with Crippen molar-refractivity contribution in [2.45, 2.75) is 37.5 Å². The number of rotatable bonds is 3. The van der Waals surface area contributed by atoms with Crippen molar-refractivity contribution < 1.29 is 45.4 Å². The summed E-state index contributed by atoms with van der Waals surface area (Å²) >= 11 is 0. The molecule has 152 valence electrons. The summed E-state index contributed by atoms with van der Waals surface area (Å²) in [6.07, 6.45) is -10.4. The summed E-state index contributed by atoms with van der Waals surface area (Å²) in [4.78, 5) is 20.6. The smallest absolute Gasteiger partial charge is 0.475 e. The summed E-state index contributed by atoms with van der Waals surface area (Å²) in [7, 11) is 0. The minimum Gasteiger partial charge on any atom is -0.475 e. The van der Waals surface area contributed by atoms with E-state index in [9.17, 15) is 35.5 Å². The Balaban J connectivity index is 0.000000445. The van der Waals surface area contributed by atoms with Gasteiger partial charge in [0.1, 0.15) is 6.17 Å². The van der Waals surface area contributed by atoms with Crippen LogP contribution in [0.5, 0.6) is 0 Å². The minimum absolute atomic E-state index is 0.117. The highest BCUT2D eigenvalue weighted by molar-refractivity contribution is 5.82. The Morgan fingerprint density at radius 2 is 1.63 bits per heavy atom. The fourth-order valence-electron chi connectivity index (χ4n) is 2.02. The first-order valence-electron chi connectivity index (χ1n) is 7.42. The van der Waals surface area contributed by atoms with Gasteiger partial charge in [0.2, 0.25) is 5.91 Å². The lowest BCUT2D eigenvalue weighted by Gasteiger charge is -2.11. The van der Waals surface area contributed by atoms with E-state index in [1.54, 1.807) is 0 Å². The molecule has 2 atom stereocenters. The zero-order chi connectivity index (χ0) is 20.8. The van der Waals surface area contributed by atoms with Crippen LogP contribution in [0.1, 0.15) is 17.5 Å². The van der Waals surface area contributed by atoms with Gasteiger partial charge in [-0.2, -0.15) is 26.3 Å². The van der Waals surface area contributed by atoms with Crippen LogP contribution in [0.3, 0.4) is 0 Å². The van der Waals surface area contributed by atoms with Crippen LogP contribution in [0.4, 0.5) is 30.7 Å². The molecule has 27 heavy (non-hydrogen) atoms. The molecule has 0 aromatic heterocycles. The van der Waals surface area contributed by atoms with Gasteiger partial charge in [-0.3, -0.25) is 4.79 Å². The van der Waals surface area contributed by atoms with Crippen molar-refractivity contribution in [1.29, 1.82) is 0 Å². The Hall–Kier alpha value is -2.37. The molecule has 1 fully saturated rings. The summed E-state index contributed by atoms with van der Waals surface area (Å²) in [5, 5.41) is 12.4. The third-order valence-electron chi connectivity index (χ3n) is 3.38. The van der Waals surface area contributed by atoms with Crippen molar-refractivity contribution in [3.63, 3.8) is 0 Å². The van der Waals surface area contributed by atoms with Gasteiger partial charge in [0.25, 0.3) is 0 Å². The molecule has 0 radical (unpaired) electrons. The number of halogens is 7. The van der Waals surface area contributed by atoms with Crippen LogP contribution in [0.2, 0.25) is 0 Å². The molecule has 1 aromatic rings. The molecule has 1 saturated heterocycles. The monoisotopic (exact) mass is 404 g/mol. The zero-order valence-electron chi connectivity index (χ0n) is 13.5. The molecule has 0 saturated carbocycles. The number of nitrogens with one attached hydrogen (secondary N) is 2. The van der Waals surface area contributed by atoms with Crippen LogP contribution in [0.15, 0.2) is 24.3 Å². The number of carbonyl (C=O) groups is 2. The van der Waals surface area contributed by atoms with Gasteiger partial charge in [-0.1, -0.05) is 12.1 Å². The number of carboxylic acids is 1. The molecule has 5 nitrogen and oxygen atoms in total. The fourth-order valence-corrected chi connectivity index (χ4v) is 2.02. The van der Waals surface area contributed by atoms with E-state index in [0.29, 0.717) is 5.56 Å². The molecule has 1 aliphatic rings. The van der Waals surface area contributed by atoms with Gasteiger partial charge in [-0.05, 0) is 17.7 Å². The van der Waals surface area contributed by atoms with Gasteiger partial charge in [-0.25, -0.2) is 9.18 Å². The second-order valence-electron chi connectivity index (χ2n) is 5.51. The normalized spacial score (nSPS) is 19.8. The Labute approximate surface area is 148 Å². The van der Waals surface area contributed by atoms with Crippen molar-refractivity contribution >= 4 is 11.9 Å². The maximum Gasteiger partial charge on any atom is 0.490 e. The summed E-state index contributed by atoms with van der Waals surface area (Å²) < 4.78 is 81.7. The predicted molar refractivity (Wildman–Crippen MR) is 78.3 cm³/mol. The third-order valence-corrected chi connectivity index (χ3v) is 3.38. The molecule has 3 N–H and O–H groups in total. The van der Waals surface area contributed by atoms with E-state index in [0.717, 1.165) is 12.1 Å². The van der Waals surface area contributed by atoms with Crippen LogP contribution in [0, 0.1) is 0 Å². The lowest BCUT2D eigenvalue weighted by molar-refractivity contribution is -0.192. The topological polar surface area (TPSA) is 78.4 Å². The average molecular weight is 404 g/mol. The number of carbonyl (C=O) groups excluding carboxylic acids is 1. The van der Waals surface area contributed by atoms with E-state index < -0.39 is 36.1 Å². The molecule has 0 bridgehead atoms. The first kappa shape index (κ1) is 22.7. The van der Waals surface area contributed by atoms with Crippen LogP contribution in [0.25, 0.3) is 0 Å². The standard InChI is InChI=1S/C13H14F4N2O.C2HF3O2/c14-10-5-11(18-7-10)12(20)19-6-8-1-3-9(4-2-8)13(15,16)17;3-2(4,5)1(6)7/h1-4,10-11,18H,5-7H2,(H,19,20);(H,6,7)/t10-,11+;/m0./s1. The second kappa shape index (κ2) is 9.02. The van der Waals surface area contributed by atoms with Gasteiger partial charge in [0, 0.05) is 19.5 Å². The van der Waals surface area contributed by atoms with Crippen LogP contribution in [-0.4, -0.2) is 41.9 Å². The Bertz CT molecular complexity index is 644. The summed E-state index contributed by atoms with van der Waals surface area (Å²) in [5.41, 5.74) is -0.175. The van der Waals surface area contributed by atoms with Crippen LogP contribution >= 0.6 is 0 Å². The second-order valence-corrected chi connectivity index (χ2v) is 5.51. The molecule has 1 heterocycles.